The summed E-state index contributed by atoms with van der Waals surface area (Å²) in [6.07, 6.45) is -13.7. The maximum atomic E-state index is 14.5. The highest BCUT2D eigenvalue weighted by Gasteiger charge is 2.49. The van der Waals surface area contributed by atoms with Crippen molar-refractivity contribution in [2.75, 3.05) is 70.1 Å². The van der Waals surface area contributed by atoms with Gasteiger partial charge in [0.15, 0.2) is 35.5 Å². The molecule has 4 saturated heterocycles. The maximum Gasteiger partial charge on any atom is 0.416 e. The fraction of sp³-hybridized carbons (Fsp3) is 0.507. The van der Waals surface area contributed by atoms with Gasteiger partial charge in [0.05, 0.1) is 79.2 Å². The van der Waals surface area contributed by atoms with E-state index >= 15 is 0 Å². The minimum absolute atomic E-state index is 0.00234. The number of benzene rings is 4. The van der Waals surface area contributed by atoms with E-state index in [9.17, 15) is 69.6 Å². The molecule has 6 heterocycles. The standard InChI is InChI=1S/C69H84N4O24/c1-7-8-13-49(74)43-25-39(15-17-53(43)96-66-60(80)58(78)51(76)34-92-66)32-94-68(86)72-45-28-55(38(4)24-41(45)62(82)70-30-36(2)22-47(70)64(72)84)90-20-10-9-11-21-91-57-29-46-42(27-56(57)89-6)63(83)71-31-37(3)23-48(71)65(85)73(46)69(87)95-33-40-16-18-54(44(26-40)50(75)14-12-19-88-5)97-67-61(81)59(79)52(77)35-93-67/h15-18,24-29,47-48,51-52,58-61,64-67,76-81,84-85H,2-3,7-14,19-23,30-35H2,1,4-6H3/t47-,48-,51+,52+,58-,59-,60+,61+,64?,65?,66-,67-/m0/s1. The monoisotopic (exact) mass is 1350 g/mol. The molecule has 4 aromatic rings. The van der Waals surface area contributed by atoms with Gasteiger partial charge in [0, 0.05) is 51.8 Å². The third-order valence-electron chi connectivity index (χ3n) is 17.9. The average molecular weight is 1350 g/mol. The number of aliphatic hydroxyl groups is 8. The second kappa shape index (κ2) is 31.5. The molecule has 0 aliphatic carbocycles. The zero-order valence-electron chi connectivity index (χ0n) is 54.4. The highest BCUT2D eigenvalue weighted by molar-refractivity contribution is 6.07. The summed E-state index contributed by atoms with van der Waals surface area (Å²) >= 11 is 0. The second-order valence-corrected chi connectivity index (χ2v) is 24.9. The lowest BCUT2D eigenvalue weighted by atomic mass is 10.0. The predicted molar refractivity (Wildman–Crippen MR) is 342 cm³/mol. The summed E-state index contributed by atoms with van der Waals surface area (Å²) in [5.41, 5.74) is 2.79. The molecule has 0 aromatic heterocycles. The molecule has 97 heavy (non-hydrogen) atoms. The quantitative estimate of drug-likeness (QED) is 0.0239. The van der Waals surface area contributed by atoms with E-state index in [-0.39, 0.29) is 140 Å². The van der Waals surface area contributed by atoms with Gasteiger partial charge < -0.3 is 98.0 Å². The van der Waals surface area contributed by atoms with Crippen molar-refractivity contribution >= 4 is 46.9 Å². The molecule has 10 rings (SSSR count). The molecule has 0 radical (unpaired) electrons. The largest absolute Gasteiger partial charge is 0.493 e. The normalized spacial score (nSPS) is 25.3. The summed E-state index contributed by atoms with van der Waals surface area (Å²) in [4.78, 5) is 89.7. The summed E-state index contributed by atoms with van der Waals surface area (Å²) < 4.78 is 57.7. The van der Waals surface area contributed by atoms with Crippen molar-refractivity contribution in [1.29, 1.82) is 0 Å². The zero-order chi connectivity index (χ0) is 69.5. The molecule has 0 saturated carbocycles. The van der Waals surface area contributed by atoms with E-state index in [1.807, 2.05) is 6.92 Å². The number of methoxy groups -OCH3 is 2. The van der Waals surface area contributed by atoms with Crippen molar-refractivity contribution in [1.82, 2.24) is 9.80 Å². The minimum atomic E-state index is -1.66. The molecular formula is C69H84N4O24. The number of anilines is 2. The molecule has 4 fully saturated rings. The first-order valence-corrected chi connectivity index (χ1v) is 32.3. The Bertz CT molecular complexity index is 3600. The summed E-state index contributed by atoms with van der Waals surface area (Å²) in [5.74, 6) is -1.04. The van der Waals surface area contributed by atoms with E-state index in [0.717, 1.165) is 9.80 Å². The summed E-state index contributed by atoms with van der Waals surface area (Å²) in [6, 6.07) is 13.0. The highest BCUT2D eigenvalue weighted by atomic mass is 16.7. The van der Waals surface area contributed by atoms with Gasteiger partial charge in [-0.1, -0.05) is 49.8 Å². The van der Waals surface area contributed by atoms with Crippen LogP contribution in [0.5, 0.6) is 28.7 Å². The Hall–Kier alpha value is -8.26. The lowest BCUT2D eigenvalue weighted by Gasteiger charge is -2.35. The lowest BCUT2D eigenvalue weighted by Crippen LogP contribution is -2.54. The molecule has 0 spiro atoms. The van der Waals surface area contributed by atoms with Crippen LogP contribution < -0.4 is 33.5 Å². The third-order valence-corrected chi connectivity index (χ3v) is 17.9. The topological polar surface area (TPSA) is 370 Å². The Balaban J connectivity index is 0.808. The van der Waals surface area contributed by atoms with E-state index in [0.29, 0.717) is 72.1 Å². The number of carbonyl (C=O) groups excluding carboxylic acids is 6. The number of hydrogen-bond acceptors (Lipinski definition) is 24. The molecule has 0 bridgehead atoms. The molecule has 2 unspecified atom stereocenters. The molecule has 28 nitrogen and oxygen atoms in total. The van der Waals surface area contributed by atoms with Crippen molar-refractivity contribution < 1.29 is 117 Å². The van der Waals surface area contributed by atoms with E-state index < -0.39 is 111 Å². The van der Waals surface area contributed by atoms with Gasteiger partial charge in [-0.25, -0.2) is 19.4 Å². The van der Waals surface area contributed by atoms with E-state index in [4.69, 9.17) is 47.4 Å². The van der Waals surface area contributed by atoms with Crippen molar-refractivity contribution in [2.24, 2.45) is 0 Å². The Morgan fingerprint density at radius 2 is 1.01 bits per heavy atom. The number of Topliss-reactive ketones (excluding diaryl/α,β-unsaturated/α-hetero) is 2. The number of rotatable bonds is 26. The van der Waals surface area contributed by atoms with Crippen LogP contribution in [-0.4, -0.2) is 220 Å². The SMILES string of the molecule is C=C1C[C@H]2C(O)N(C(=O)OCc3ccc(O[C@@H]4OC[C@@H](O)[C@H](O)[C@H]4O)c(C(=O)CCCC)c3)c3cc(OCCCCCOc4cc5c(cc4OC)C(=O)N4CC(=C)C[C@H]4C(O)N5C(=O)OCc4ccc(O[C@@H]5OC[C@@H](O)[C@H](O)[C@H]5O)c(C(=O)CCCOC)c4)c(C)cc3C(=O)N2C1. The maximum absolute atomic E-state index is 14.5. The molecule has 6 aliphatic rings. The molecule has 6 aliphatic heterocycles. The number of unbranched alkanes of at least 4 members (excludes halogenated alkanes) is 3. The number of hydrogen-bond donors (Lipinski definition) is 8. The summed E-state index contributed by atoms with van der Waals surface area (Å²) in [7, 11) is 2.88. The average Bonchev–Trinajstić information content (AvgIpc) is 1.63. The van der Waals surface area contributed by atoms with Gasteiger partial charge in [0.25, 0.3) is 11.8 Å². The van der Waals surface area contributed by atoms with E-state index in [1.54, 1.807) is 13.0 Å². The van der Waals surface area contributed by atoms with Crippen LogP contribution in [0.3, 0.4) is 0 Å². The number of ether oxygens (including phenoxy) is 10. The number of carbonyl (C=O) groups is 6. The van der Waals surface area contributed by atoms with Crippen LogP contribution in [0.25, 0.3) is 0 Å². The highest BCUT2D eigenvalue weighted by Crippen LogP contribution is 2.44. The molecule has 8 N–H and O–H groups in total. The van der Waals surface area contributed by atoms with Crippen LogP contribution in [-0.2, 0) is 36.9 Å². The Morgan fingerprint density at radius 1 is 0.546 bits per heavy atom. The fourth-order valence-corrected chi connectivity index (χ4v) is 12.5. The van der Waals surface area contributed by atoms with Crippen LogP contribution >= 0.6 is 0 Å². The number of amides is 4. The number of ketones is 2. The van der Waals surface area contributed by atoms with Gasteiger partial charge in [-0.15, -0.1) is 0 Å². The van der Waals surface area contributed by atoms with Crippen molar-refractivity contribution in [3.63, 3.8) is 0 Å². The Kier molecular flexibility index (Phi) is 23.2. The molecule has 28 heteroatoms. The van der Waals surface area contributed by atoms with Gasteiger partial charge in [0.2, 0.25) is 12.6 Å². The fourth-order valence-electron chi connectivity index (χ4n) is 12.5. The number of nitrogens with zero attached hydrogens (tertiary/aromatic N) is 4. The van der Waals surface area contributed by atoms with E-state index in [1.165, 1.54) is 78.6 Å². The van der Waals surface area contributed by atoms with Gasteiger partial charge in [0.1, 0.15) is 67.1 Å². The first kappa shape index (κ1) is 71.5. The Morgan fingerprint density at radius 3 is 1.48 bits per heavy atom. The van der Waals surface area contributed by atoms with Gasteiger partial charge in [-0.05, 0) is 105 Å². The van der Waals surface area contributed by atoms with Crippen LogP contribution in [0.1, 0.15) is 129 Å². The first-order chi connectivity index (χ1) is 46.5. The summed E-state index contributed by atoms with van der Waals surface area (Å²) in [5, 5.41) is 85.8. The molecular weight excluding hydrogens is 1270 g/mol. The zero-order valence-corrected chi connectivity index (χ0v) is 54.4. The van der Waals surface area contributed by atoms with Crippen molar-refractivity contribution in [2.45, 2.75) is 165 Å². The molecule has 4 amide bonds. The second-order valence-electron chi connectivity index (χ2n) is 24.9. The first-order valence-electron chi connectivity index (χ1n) is 32.3. The summed E-state index contributed by atoms with van der Waals surface area (Å²) in [6.45, 7) is 11.1. The lowest BCUT2D eigenvalue weighted by molar-refractivity contribution is -0.242. The third kappa shape index (κ3) is 15.7. The van der Waals surface area contributed by atoms with E-state index in [2.05, 4.69) is 13.2 Å². The van der Waals surface area contributed by atoms with Gasteiger partial charge >= 0.3 is 12.2 Å². The molecule has 4 aromatic carbocycles. The number of aliphatic hydroxyl groups excluding tert-OH is 8. The van der Waals surface area contributed by atoms with Crippen LogP contribution in [0.2, 0.25) is 0 Å². The number of aryl methyl sites for hydroxylation is 1. The predicted octanol–water partition coefficient (Wildman–Crippen LogP) is 4.74. The van der Waals surface area contributed by atoms with Crippen LogP contribution in [0.15, 0.2) is 85.0 Å². The van der Waals surface area contributed by atoms with Crippen molar-refractivity contribution in [3.05, 3.63) is 124 Å². The van der Waals surface area contributed by atoms with Gasteiger partial charge in [-0.3, -0.25) is 19.2 Å². The smallest absolute Gasteiger partial charge is 0.416 e. The number of fused-ring (bicyclic) bond motifs is 4. The Labute approximate surface area is 559 Å². The molecule has 524 valence electrons. The van der Waals surface area contributed by atoms with Crippen LogP contribution in [0, 0.1) is 6.92 Å². The van der Waals surface area contributed by atoms with Crippen molar-refractivity contribution in [3.8, 4) is 28.7 Å². The van der Waals surface area contributed by atoms with Gasteiger partial charge in [-0.2, -0.15) is 0 Å². The minimum Gasteiger partial charge on any atom is -0.493 e. The van der Waals surface area contributed by atoms with Crippen LogP contribution in [0.4, 0.5) is 21.0 Å². The molecule has 12 atom stereocenters.